The molecule has 0 fully saturated rings. The number of benzene rings is 1. The second-order valence-corrected chi connectivity index (χ2v) is 9.70. The van der Waals surface area contributed by atoms with Gasteiger partial charge < -0.3 is 15.1 Å². The number of aryl methyl sites for hydroxylation is 1. The third kappa shape index (κ3) is 5.68. The lowest BCUT2D eigenvalue weighted by Gasteiger charge is -2.12. The summed E-state index contributed by atoms with van der Waals surface area (Å²) in [6.07, 6.45) is 4.29. The summed E-state index contributed by atoms with van der Waals surface area (Å²) in [4.78, 5) is 32.0. The molecule has 2 aromatic heterocycles. The molecule has 0 radical (unpaired) electrons. The number of thioether (sulfide) groups is 1. The van der Waals surface area contributed by atoms with Gasteiger partial charge in [-0.1, -0.05) is 0 Å². The molecule has 0 saturated carbocycles. The maximum atomic E-state index is 12.8. The van der Waals surface area contributed by atoms with Crippen molar-refractivity contribution in [3.8, 4) is 11.6 Å². The van der Waals surface area contributed by atoms with Crippen LogP contribution in [0.3, 0.4) is 0 Å². The molecule has 174 valence electrons. The van der Waals surface area contributed by atoms with E-state index >= 15 is 0 Å². The summed E-state index contributed by atoms with van der Waals surface area (Å²) in [6, 6.07) is 7.07. The molecule has 0 unspecified atom stereocenters. The maximum absolute atomic E-state index is 12.8. The highest BCUT2D eigenvalue weighted by atomic mass is 32.2. The highest BCUT2D eigenvalue weighted by Gasteiger charge is 2.21. The van der Waals surface area contributed by atoms with E-state index in [1.807, 2.05) is 0 Å². The summed E-state index contributed by atoms with van der Waals surface area (Å²) in [5.41, 5.74) is 0.597. The second-order valence-electron chi connectivity index (χ2n) is 6.89. The number of furan rings is 1. The minimum atomic E-state index is -3.58. The topological polar surface area (TPSA) is 157 Å². The Balaban J connectivity index is 1.68. The zero-order valence-electron chi connectivity index (χ0n) is 18.0. The zero-order chi connectivity index (χ0) is 24.2. The highest BCUT2D eigenvalue weighted by Crippen LogP contribution is 2.28. The first-order chi connectivity index (χ1) is 15.6. The molecule has 2 N–H and O–H groups in total. The van der Waals surface area contributed by atoms with Crippen molar-refractivity contribution in [1.82, 2.24) is 15.3 Å². The van der Waals surface area contributed by atoms with Gasteiger partial charge in [0.25, 0.3) is 11.6 Å². The zero-order valence-corrected chi connectivity index (χ0v) is 19.6. The number of sulfone groups is 1. The van der Waals surface area contributed by atoms with Gasteiger partial charge in [0, 0.05) is 25.4 Å². The molecular formula is C20H21N5O6S2. The van der Waals surface area contributed by atoms with Crippen molar-refractivity contribution in [3.05, 3.63) is 58.0 Å². The fraction of sp³-hybridized carbons (Fsp3) is 0.250. The van der Waals surface area contributed by atoms with Gasteiger partial charge in [-0.05, 0) is 37.4 Å². The van der Waals surface area contributed by atoms with E-state index in [9.17, 15) is 23.3 Å². The van der Waals surface area contributed by atoms with E-state index < -0.39 is 14.8 Å². The predicted molar refractivity (Wildman–Crippen MR) is 123 cm³/mol. The van der Waals surface area contributed by atoms with Crippen molar-refractivity contribution in [2.24, 2.45) is 0 Å². The Kier molecular flexibility index (Phi) is 7.33. The molecule has 2 heterocycles. The molecule has 13 heteroatoms. The third-order valence-electron chi connectivity index (χ3n) is 4.54. The van der Waals surface area contributed by atoms with Crippen LogP contribution >= 0.6 is 11.8 Å². The van der Waals surface area contributed by atoms with E-state index in [0.29, 0.717) is 27.9 Å². The van der Waals surface area contributed by atoms with Gasteiger partial charge in [0.15, 0.2) is 21.4 Å². The molecule has 0 saturated heterocycles. The molecule has 1 amide bonds. The van der Waals surface area contributed by atoms with Crippen molar-refractivity contribution in [2.45, 2.75) is 16.8 Å². The van der Waals surface area contributed by atoms with Gasteiger partial charge in [-0.2, -0.15) is 0 Å². The molecule has 0 aliphatic carbocycles. The predicted octanol–water partition coefficient (Wildman–Crippen LogP) is 2.92. The Hall–Kier alpha value is -3.45. The molecule has 1 aromatic carbocycles. The fourth-order valence-corrected chi connectivity index (χ4v) is 4.24. The van der Waals surface area contributed by atoms with Gasteiger partial charge in [-0.25, -0.2) is 18.4 Å². The molecular weight excluding hydrogens is 470 g/mol. The number of nitrogens with zero attached hydrogens (tertiary/aromatic N) is 3. The monoisotopic (exact) mass is 491 g/mol. The lowest BCUT2D eigenvalue weighted by molar-refractivity contribution is -0.384. The molecule has 0 spiro atoms. The number of carbonyl (C=O) groups is 1. The van der Waals surface area contributed by atoms with E-state index in [1.165, 1.54) is 30.2 Å². The van der Waals surface area contributed by atoms with Gasteiger partial charge in [0.05, 0.1) is 27.3 Å². The number of hydrogen-bond donors (Lipinski definition) is 2. The molecule has 3 aromatic rings. The Morgan fingerprint density at radius 3 is 2.61 bits per heavy atom. The normalized spacial score (nSPS) is 11.2. The number of amides is 1. The number of nitro benzene ring substituents is 1. The molecule has 33 heavy (non-hydrogen) atoms. The summed E-state index contributed by atoms with van der Waals surface area (Å²) < 4.78 is 28.6. The second kappa shape index (κ2) is 10.0. The minimum absolute atomic E-state index is 0.147. The molecule has 0 atom stereocenters. The van der Waals surface area contributed by atoms with E-state index in [-0.39, 0.29) is 35.3 Å². The third-order valence-corrected chi connectivity index (χ3v) is 6.33. The fourth-order valence-electron chi connectivity index (χ4n) is 2.98. The van der Waals surface area contributed by atoms with Crippen LogP contribution in [0.1, 0.15) is 16.1 Å². The molecule has 0 aliphatic heterocycles. The van der Waals surface area contributed by atoms with Crippen LogP contribution < -0.4 is 10.6 Å². The van der Waals surface area contributed by atoms with Crippen LogP contribution in [0.5, 0.6) is 0 Å². The molecule has 0 aliphatic rings. The van der Waals surface area contributed by atoms with Crippen LogP contribution in [-0.2, 0) is 9.84 Å². The first-order valence-electron chi connectivity index (χ1n) is 9.59. The first kappa shape index (κ1) is 24.2. The van der Waals surface area contributed by atoms with Crippen molar-refractivity contribution < 1.29 is 22.6 Å². The van der Waals surface area contributed by atoms with Crippen LogP contribution in [0.15, 0.2) is 50.9 Å². The van der Waals surface area contributed by atoms with Gasteiger partial charge in [-0.3, -0.25) is 14.9 Å². The summed E-state index contributed by atoms with van der Waals surface area (Å²) in [7, 11) is -3.58. The summed E-state index contributed by atoms with van der Waals surface area (Å²) in [6.45, 7) is 2.02. The Bertz CT molecular complexity index is 1290. The van der Waals surface area contributed by atoms with Crippen LogP contribution in [0, 0.1) is 17.0 Å². The van der Waals surface area contributed by atoms with Crippen molar-refractivity contribution in [3.63, 3.8) is 0 Å². The molecule has 3 rings (SSSR count). The van der Waals surface area contributed by atoms with Gasteiger partial charge in [0.2, 0.25) is 0 Å². The minimum Gasteiger partial charge on any atom is -0.461 e. The van der Waals surface area contributed by atoms with Gasteiger partial charge in [0.1, 0.15) is 10.7 Å². The van der Waals surface area contributed by atoms with Crippen molar-refractivity contribution >= 4 is 38.9 Å². The number of rotatable bonds is 9. The average molecular weight is 492 g/mol. The Morgan fingerprint density at radius 1 is 1.24 bits per heavy atom. The van der Waals surface area contributed by atoms with Crippen LogP contribution in [0.2, 0.25) is 0 Å². The number of carbonyl (C=O) groups excluding carboxylic acids is 1. The number of nitro groups is 1. The van der Waals surface area contributed by atoms with Crippen molar-refractivity contribution in [2.75, 3.05) is 30.9 Å². The Morgan fingerprint density at radius 2 is 2.00 bits per heavy atom. The Labute approximate surface area is 194 Å². The van der Waals surface area contributed by atoms with Crippen LogP contribution in [0.25, 0.3) is 11.6 Å². The quantitative estimate of drug-likeness (QED) is 0.150. The largest absolute Gasteiger partial charge is 0.461 e. The molecule has 11 nitrogen and oxygen atoms in total. The first-order valence-corrected chi connectivity index (χ1v) is 12.7. The smallest absolute Gasteiger partial charge is 0.293 e. The van der Waals surface area contributed by atoms with E-state index in [4.69, 9.17) is 4.42 Å². The van der Waals surface area contributed by atoms with Crippen LogP contribution in [-0.4, -0.2) is 54.8 Å². The van der Waals surface area contributed by atoms with E-state index in [1.54, 1.807) is 25.3 Å². The van der Waals surface area contributed by atoms with E-state index in [0.717, 1.165) is 12.3 Å². The molecule has 0 bridgehead atoms. The SMILES string of the molecule is CSc1nc(-c2ccco2)nc(C)c1C(=O)NCCNc1ccc(S(C)(=O)=O)cc1[N+](=O)[O-]. The summed E-state index contributed by atoms with van der Waals surface area (Å²) in [5, 5.41) is 17.4. The maximum Gasteiger partial charge on any atom is 0.293 e. The summed E-state index contributed by atoms with van der Waals surface area (Å²) >= 11 is 1.30. The number of nitrogens with one attached hydrogen (secondary N) is 2. The lowest BCUT2D eigenvalue weighted by Crippen LogP contribution is -2.30. The lowest BCUT2D eigenvalue weighted by atomic mass is 10.2. The average Bonchev–Trinajstić information content (AvgIpc) is 3.30. The van der Waals surface area contributed by atoms with Crippen LogP contribution in [0.4, 0.5) is 11.4 Å². The van der Waals surface area contributed by atoms with Crippen molar-refractivity contribution in [1.29, 1.82) is 0 Å². The standard InChI is InChI=1S/C20H21N5O6S2/c1-12-17(20(32-2)24-18(23-12)16-5-4-10-31-16)19(26)22-9-8-21-14-7-6-13(33(3,29)30)11-15(14)25(27)28/h4-7,10-11,21H,8-9H2,1-3H3,(H,22,26). The van der Waals surface area contributed by atoms with Gasteiger partial charge >= 0.3 is 0 Å². The number of hydrogen-bond acceptors (Lipinski definition) is 10. The van der Waals surface area contributed by atoms with Gasteiger partial charge in [-0.15, -0.1) is 11.8 Å². The number of aromatic nitrogens is 2. The summed E-state index contributed by atoms with van der Waals surface area (Å²) in [5.74, 6) is 0.490. The van der Waals surface area contributed by atoms with E-state index in [2.05, 4.69) is 20.6 Å². The number of anilines is 1. The highest BCUT2D eigenvalue weighted by molar-refractivity contribution is 7.98.